The third kappa shape index (κ3) is 7.71. The number of primary amides is 1. The number of benzene rings is 1. The zero-order valence-corrected chi connectivity index (χ0v) is 20.0. The Morgan fingerprint density at radius 3 is 2.69 bits per heavy atom. The van der Waals surface area contributed by atoms with Gasteiger partial charge in [0.05, 0.1) is 23.9 Å². The van der Waals surface area contributed by atoms with Gasteiger partial charge in [0, 0.05) is 18.2 Å². The molecule has 2 aromatic rings. The second-order valence-electron chi connectivity index (χ2n) is 9.31. The van der Waals surface area contributed by atoms with Gasteiger partial charge in [-0.1, -0.05) is 13.8 Å². The number of amides is 1. The largest absolute Gasteiger partial charge is 0.489 e. The van der Waals surface area contributed by atoms with E-state index in [2.05, 4.69) is 15.3 Å². The lowest BCUT2D eigenvalue weighted by Gasteiger charge is -2.30. The van der Waals surface area contributed by atoms with Crippen LogP contribution in [0.15, 0.2) is 30.6 Å². The molecular weight excluding hydrogens is 465 g/mol. The number of carbonyl (C=O) groups excluding carboxylic acids is 1. The first-order valence-corrected chi connectivity index (χ1v) is 11.4. The first-order valence-electron chi connectivity index (χ1n) is 11.4. The molecule has 1 aromatic carbocycles. The second-order valence-corrected chi connectivity index (χ2v) is 9.31. The van der Waals surface area contributed by atoms with Crippen molar-refractivity contribution in [1.82, 2.24) is 9.97 Å². The van der Waals surface area contributed by atoms with E-state index in [1.54, 1.807) is 13.0 Å². The molecule has 0 radical (unpaired) electrons. The Kier molecular flexibility index (Phi) is 8.42. The van der Waals surface area contributed by atoms with Crippen LogP contribution in [0.2, 0.25) is 0 Å². The molecule has 2 atom stereocenters. The van der Waals surface area contributed by atoms with Crippen molar-refractivity contribution >= 4 is 11.9 Å². The van der Waals surface area contributed by atoms with Gasteiger partial charge in [-0.05, 0) is 50.3 Å². The number of carbonyl (C=O) groups is 1. The Labute approximate surface area is 202 Å². The maximum absolute atomic E-state index is 13.9. The number of hydrogen-bond acceptors (Lipinski definition) is 7. The van der Waals surface area contributed by atoms with Gasteiger partial charge in [-0.15, -0.1) is 0 Å². The number of ether oxygens (including phenoxy) is 3. The van der Waals surface area contributed by atoms with Crippen molar-refractivity contribution in [3.05, 3.63) is 36.2 Å². The summed E-state index contributed by atoms with van der Waals surface area (Å²) in [6, 6.07) is 5.40. The van der Waals surface area contributed by atoms with Gasteiger partial charge in [0.15, 0.2) is 0 Å². The zero-order chi connectivity index (χ0) is 25.6. The fraction of sp³-hybridized carbons (Fsp3) is 0.542. The summed E-state index contributed by atoms with van der Waals surface area (Å²) in [6.45, 7) is 6.33. The van der Waals surface area contributed by atoms with Crippen molar-refractivity contribution in [3.63, 3.8) is 0 Å². The summed E-state index contributed by atoms with van der Waals surface area (Å²) >= 11 is 0. The molecule has 3 N–H and O–H groups in total. The molecule has 1 fully saturated rings. The molecule has 1 amide bonds. The van der Waals surface area contributed by atoms with Crippen molar-refractivity contribution in [2.24, 2.45) is 11.7 Å². The van der Waals surface area contributed by atoms with Gasteiger partial charge in [-0.3, -0.25) is 0 Å². The molecule has 35 heavy (non-hydrogen) atoms. The average Bonchev–Trinajstić information content (AvgIpc) is 2.77. The van der Waals surface area contributed by atoms with Crippen LogP contribution in [0.3, 0.4) is 0 Å². The van der Waals surface area contributed by atoms with E-state index in [9.17, 15) is 18.0 Å². The number of halogens is 3. The highest BCUT2D eigenvalue weighted by atomic mass is 19.4. The minimum absolute atomic E-state index is 0.0794. The molecule has 1 aromatic heterocycles. The number of nitrogens with one attached hydrogen (secondary N) is 1. The van der Waals surface area contributed by atoms with E-state index in [-0.39, 0.29) is 29.9 Å². The van der Waals surface area contributed by atoms with Crippen molar-refractivity contribution in [2.75, 3.05) is 25.1 Å². The Balaban J connectivity index is 1.84. The van der Waals surface area contributed by atoms with Crippen molar-refractivity contribution in [1.29, 1.82) is 0 Å². The molecule has 2 heterocycles. The Morgan fingerprint density at radius 1 is 1.29 bits per heavy atom. The predicted octanol–water partition coefficient (Wildman–Crippen LogP) is 5.03. The standard InChI is InChI=1S/C24H31F3N4O4/c1-15(2)11-23(3,35-22(28)32)13-34-20-7-6-16(9-18(20)24(25,26)27)19-10-21(30-14-29-19)31-17-5-4-8-33-12-17/h6-7,9-10,14-15,17H,4-5,8,11-13H2,1-3H3,(H2,28,32)(H,29,30,31)/t17?,23-/m0/s1. The first-order chi connectivity index (χ1) is 16.4. The lowest BCUT2D eigenvalue weighted by molar-refractivity contribution is -0.139. The van der Waals surface area contributed by atoms with Crippen LogP contribution in [0.4, 0.5) is 23.8 Å². The summed E-state index contributed by atoms with van der Waals surface area (Å²) in [6.07, 6.45) is -2.20. The monoisotopic (exact) mass is 496 g/mol. The van der Waals surface area contributed by atoms with Gasteiger partial charge < -0.3 is 25.3 Å². The molecule has 1 aliphatic heterocycles. The van der Waals surface area contributed by atoms with Crippen molar-refractivity contribution in [2.45, 2.75) is 57.9 Å². The Morgan fingerprint density at radius 2 is 2.06 bits per heavy atom. The van der Waals surface area contributed by atoms with E-state index in [4.69, 9.17) is 19.9 Å². The molecule has 8 nitrogen and oxygen atoms in total. The number of alkyl halides is 3. The Bertz CT molecular complexity index is 1010. The fourth-order valence-corrected chi connectivity index (χ4v) is 4.16. The maximum Gasteiger partial charge on any atom is 0.419 e. The lowest BCUT2D eigenvalue weighted by atomic mass is 9.95. The number of anilines is 1. The van der Waals surface area contributed by atoms with E-state index >= 15 is 0 Å². The van der Waals surface area contributed by atoms with Crippen LogP contribution in [-0.4, -0.2) is 47.5 Å². The van der Waals surface area contributed by atoms with E-state index in [1.165, 1.54) is 18.5 Å². The van der Waals surface area contributed by atoms with Gasteiger partial charge in [0.1, 0.15) is 30.1 Å². The van der Waals surface area contributed by atoms with Gasteiger partial charge in [0.2, 0.25) is 0 Å². The zero-order valence-electron chi connectivity index (χ0n) is 20.0. The number of hydrogen-bond donors (Lipinski definition) is 2. The minimum atomic E-state index is -4.68. The molecule has 0 bridgehead atoms. The SMILES string of the molecule is CC(C)C[C@@](C)(COc1ccc(-c2cc(NC3CCCOC3)ncn2)cc1C(F)(F)F)OC(N)=O. The van der Waals surface area contributed by atoms with E-state index < -0.39 is 23.4 Å². The fourth-order valence-electron chi connectivity index (χ4n) is 4.16. The van der Waals surface area contributed by atoms with E-state index in [1.807, 2.05) is 13.8 Å². The highest BCUT2D eigenvalue weighted by Gasteiger charge is 2.37. The van der Waals surface area contributed by atoms with Crippen LogP contribution in [-0.2, 0) is 15.7 Å². The third-order valence-corrected chi connectivity index (χ3v) is 5.48. The van der Waals surface area contributed by atoms with Crippen molar-refractivity contribution in [3.8, 4) is 17.0 Å². The number of aromatic nitrogens is 2. The Hall–Kier alpha value is -3.08. The van der Waals surface area contributed by atoms with Crippen LogP contribution in [0, 0.1) is 5.92 Å². The van der Waals surface area contributed by atoms with Crippen LogP contribution >= 0.6 is 0 Å². The van der Waals surface area contributed by atoms with Crippen LogP contribution < -0.4 is 15.8 Å². The molecule has 0 spiro atoms. The van der Waals surface area contributed by atoms with Gasteiger partial charge in [0.25, 0.3) is 0 Å². The summed E-state index contributed by atoms with van der Waals surface area (Å²) in [5.41, 5.74) is 3.60. The summed E-state index contributed by atoms with van der Waals surface area (Å²) in [4.78, 5) is 19.6. The summed E-state index contributed by atoms with van der Waals surface area (Å²) in [7, 11) is 0. The normalized spacial score (nSPS) is 18.1. The molecule has 0 aliphatic carbocycles. The van der Waals surface area contributed by atoms with Gasteiger partial charge in [-0.2, -0.15) is 13.2 Å². The predicted molar refractivity (Wildman–Crippen MR) is 124 cm³/mol. The molecule has 0 saturated carbocycles. The number of nitrogens with two attached hydrogens (primary N) is 1. The summed E-state index contributed by atoms with van der Waals surface area (Å²) in [5.74, 6) is 0.219. The first kappa shape index (κ1) is 26.5. The van der Waals surface area contributed by atoms with Gasteiger partial charge in [-0.25, -0.2) is 14.8 Å². The molecule has 1 saturated heterocycles. The molecule has 1 unspecified atom stereocenters. The molecular formula is C24H31F3N4O4. The lowest BCUT2D eigenvalue weighted by Crippen LogP contribution is -2.41. The van der Waals surface area contributed by atoms with Gasteiger partial charge >= 0.3 is 12.3 Å². The molecule has 1 aliphatic rings. The van der Waals surface area contributed by atoms with Crippen LogP contribution in [0.1, 0.15) is 45.6 Å². The molecule has 3 rings (SSSR count). The van der Waals surface area contributed by atoms with Crippen molar-refractivity contribution < 1.29 is 32.2 Å². The smallest absolute Gasteiger partial charge is 0.419 e. The minimum Gasteiger partial charge on any atom is -0.489 e. The number of nitrogens with zero attached hydrogens (tertiary/aromatic N) is 2. The topological polar surface area (TPSA) is 109 Å². The highest BCUT2D eigenvalue weighted by molar-refractivity contribution is 5.66. The number of rotatable bonds is 9. The average molecular weight is 497 g/mol. The van der Waals surface area contributed by atoms with E-state index in [0.717, 1.165) is 18.9 Å². The quantitative estimate of drug-likeness (QED) is 0.501. The summed E-state index contributed by atoms with van der Waals surface area (Å²) in [5, 5.41) is 3.24. The second kappa shape index (κ2) is 11.1. The molecule has 192 valence electrons. The third-order valence-electron chi connectivity index (χ3n) is 5.48. The highest BCUT2D eigenvalue weighted by Crippen LogP contribution is 2.39. The maximum atomic E-state index is 13.9. The van der Waals surface area contributed by atoms with Crippen LogP contribution in [0.5, 0.6) is 5.75 Å². The van der Waals surface area contributed by atoms with E-state index in [0.29, 0.717) is 31.1 Å². The summed E-state index contributed by atoms with van der Waals surface area (Å²) < 4.78 is 57.9. The van der Waals surface area contributed by atoms with Crippen LogP contribution in [0.25, 0.3) is 11.3 Å². The molecule has 11 heteroatoms.